The molecule has 6 heteroatoms. The molecule has 0 saturated heterocycles. The quantitative estimate of drug-likeness (QED) is 0.522. The summed E-state index contributed by atoms with van der Waals surface area (Å²) in [6.07, 6.45) is 7.66. The van der Waals surface area contributed by atoms with Crippen molar-refractivity contribution in [3.05, 3.63) is 41.5 Å². The first-order valence-corrected chi connectivity index (χ1v) is 11.4. The maximum Gasteiger partial charge on any atom is 0.304 e. The van der Waals surface area contributed by atoms with Gasteiger partial charge in [0, 0.05) is 25.7 Å². The zero-order valence-electron chi connectivity index (χ0n) is 19.1. The zero-order valence-corrected chi connectivity index (χ0v) is 19.1. The van der Waals surface area contributed by atoms with Crippen molar-refractivity contribution in [1.29, 1.82) is 5.26 Å². The second-order valence-electron chi connectivity index (χ2n) is 10.1. The van der Waals surface area contributed by atoms with Crippen LogP contribution in [-0.4, -0.2) is 30.3 Å². The third-order valence-corrected chi connectivity index (χ3v) is 8.97. The monoisotopic (exact) mass is 435 g/mol. The van der Waals surface area contributed by atoms with Gasteiger partial charge in [-0.15, -0.1) is 0 Å². The summed E-state index contributed by atoms with van der Waals surface area (Å²) < 4.78 is 17.3. The first-order chi connectivity index (χ1) is 15.2. The van der Waals surface area contributed by atoms with Gasteiger partial charge in [0.15, 0.2) is 0 Å². The average Bonchev–Trinajstić information content (AvgIpc) is 3.10. The van der Waals surface area contributed by atoms with Crippen LogP contribution in [0.4, 0.5) is 0 Å². The van der Waals surface area contributed by atoms with Crippen molar-refractivity contribution in [2.75, 3.05) is 7.11 Å². The van der Waals surface area contributed by atoms with Crippen LogP contribution in [0.1, 0.15) is 63.5 Å². The van der Waals surface area contributed by atoms with E-state index in [9.17, 15) is 14.9 Å². The van der Waals surface area contributed by atoms with Gasteiger partial charge in [-0.1, -0.05) is 19.1 Å². The van der Waals surface area contributed by atoms with E-state index in [-0.39, 0.29) is 24.2 Å². The minimum atomic E-state index is -1.37. The predicted molar refractivity (Wildman–Crippen MR) is 116 cm³/mol. The average molecular weight is 436 g/mol. The summed E-state index contributed by atoms with van der Waals surface area (Å²) in [5.74, 6) is 0.314. The normalized spacial score (nSPS) is 40.5. The molecule has 0 amide bonds. The first-order valence-electron chi connectivity index (χ1n) is 11.4. The molecular weight excluding hydrogens is 406 g/mol. The molecule has 2 fully saturated rings. The van der Waals surface area contributed by atoms with Crippen molar-refractivity contribution in [2.45, 2.75) is 70.0 Å². The van der Waals surface area contributed by atoms with Crippen molar-refractivity contribution in [3.63, 3.8) is 0 Å². The van der Waals surface area contributed by atoms with Crippen molar-refractivity contribution >= 4 is 11.9 Å². The lowest BCUT2D eigenvalue weighted by molar-refractivity contribution is -0.178. The summed E-state index contributed by atoms with van der Waals surface area (Å²) in [7, 11) is 1.68. The smallest absolute Gasteiger partial charge is 0.304 e. The second kappa shape index (κ2) is 6.60. The lowest BCUT2D eigenvalue weighted by Gasteiger charge is -2.58. The molecule has 5 rings (SSSR count). The van der Waals surface area contributed by atoms with Crippen LogP contribution in [0.3, 0.4) is 0 Å². The molecule has 2 unspecified atom stereocenters. The van der Waals surface area contributed by atoms with E-state index in [0.29, 0.717) is 0 Å². The molecule has 1 aromatic carbocycles. The SMILES string of the molecule is COc1ccc2c(c1)CC[C@@H]1[C@@H]2CC[C@]2(C)C3(OC(C)=O)C=C[C@]12C(C#N)(OC(C)=O)C3. The Morgan fingerprint density at radius 2 is 1.88 bits per heavy atom. The molecule has 1 aromatic rings. The summed E-state index contributed by atoms with van der Waals surface area (Å²) in [6, 6.07) is 8.69. The minimum absolute atomic E-state index is 0.0947. The number of esters is 2. The molecule has 0 heterocycles. The van der Waals surface area contributed by atoms with Crippen molar-refractivity contribution in [1.82, 2.24) is 0 Å². The Morgan fingerprint density at radius 1 is 1.12 bits per heavy atom. The third kappa shape index (κ3) is 2.29. The molecule has 4 aliphatic rings. The summed E-state index contributed by atoms with van der Waals surface area (Å²) in [4.78, 5) is 24.4. The number of hydrogen-bond donors (Lipinski definition) is 0. The summed E-state index contributed by atoms with van der Waals surface area (Å²) >= 11 is 0. The van der Waals surface area contributed by atoms with Crippen LogP contribution in [0.15, 0.2) is 30.4 Å². The van der Waals surface area contributed by atoms with E-state index in [2.05, 4.69) is 31.2 Å². The van der Waals surface area contributed by atoms with E-state index in [1.54, 1.807) is 7.11 Å². The van der Waals surface area contributed by atoms with E-state index in [1.807, 2.05) is 12.1 Å². The first kappa shape index (κ1) is 21.1. The maximum absolute atomic E-state index is 12.3. The number of fused-ring (bicyclic) bond motifs is 3. The number of methoxy groups -OCH3 is 1. The number of hydrogen-bond acceptors (Lipinski definition) is 6. The molecule has 0 aromatic heterocycles. The van der Waals surface area contributed by atoms with E-state index in [4.69, 9.17) is 14.2 Å². The summed E-state index contributed by atoms with van der Waals surface area (Å²) in [5, 5.41) is 10.5. The Labute approximate surface area is 188 Å². The summed E-state index contributed by atoms with van der Waals surface area (Å²) in [6.45, 7) is 4.88. The Bertz CT molecular complexity index is 1090. The number of benzene rings is 1. The largest absolute Gasteiger partial charge is 0.497 e. The van der Waals surface area contributed by atoms with Gasteiger partial charge in [-0.3, -0.25) is 9.59 Å². The minimum Gasteiger partial charge on any atom is -0.497 e. The van der Waals surface area contributed by atoms with Crippen LogP contribution in [0.5, 0.6) is 5.75 Å². The van der Waals surface area contributed by atoms with Crippen LogP contribution in [0.2, 0.25) is 0 Å². The molecule has 168 valence electrons. The lowest BCUT2D eigenvalue weighted by Crippen LogP contribution is -2.60. The maximum atomic E-state index is 12.3. The highest BCUT2D eigenvalue weighted by Gasteiger charge is 2.84. The van der Waals surface area contributed by atoms with Crippen LogP contribution < -0.4 is 4.74 Å². The fourth-order valence-electron chi connectivity index (χ4n) is 7.91. The van der Waals surface area contributed by atoms with Gasteiger partial charge in [-0.25, -0.2) is 0 Å². The van der Waals surface area contributed by atoms with Gasteiger partial charge in [-0.2, -0.15) is 5.26 Å². The Morgan fingerprint density at radius 3 is 2.53 bits per heavy atom. The molecule has 6 nitrogen and oxygen atoms in total. The van der Waals surface area contributed by atoms with E-state index in [1.165, 1.54) is 25.0 Å². The second-order valence-corrected chi connectivity index (χ2v) is 10.1. The number of aryl methyl sites for hydroxylation is 1. The van der Waals surface area contributed by atoms with Crippen molar-refractivity contribution in [2.24, 2.45) is 16.7 Å². The van der Waals surface area contributed by atoms with E-state index in [0.717, 1.165) is 31.4 Å². The van der Waals surface area contributed by atoms with Gasteiger partial charge in [-0.05, 0) is 66.9 Å². The Balaban J connectivity index is 1.70. The van der Waals surface area contributed by atoms with Crippen molar-refractivity contribution in [3.8, 4) is 11.8 Å². The molecule has 2 bridgehead atoms. The Hall–Kier alpha value is -2.81. The fraction of sp³-hybridized carbons (Fsp3) is 0.577. The highest BCUT2D eigenvalue weighted by molar-refractivity contribution is 5.70. The van der Waals surface area contributed by atoms with E-state index >= 15 is 0 Å². The van der Waals surface area contributed by atoms with Gasteiger partial charge >= 0.3 is 11.9 Å². The fourth-order valence-corrected chi connectivity index (χ4v) is 7.91. The topological polar surface area (TPSA) is 85.6 Å². The molecular formula is C26H29NO5. The lowest BCUT2D eigenvalue weighted by atomic mass is 9.45. The number of ether oxygens (including phenoxy) is 3. The van der Waals surface area contributed by atoms with Gasteiger partial charge in [0.25, 0.3) is 0 Å². The number of carbonyl (C=O) groups excluding carboxylic acids is 2. The van der Waals surface area contributed by atoms with Crippen LogP contribution in [-0.2, 0) is 25.5 Å². The highest BCUT2D eigenvalue weighted by Crippen LogP contribution is 2.79. The van der Waals surface area contributed by atoms with Crippen LogP contribution in [0, 0.1) is 28.1 Å². The van der Waals surface area contributed by atoms with Crippen LogP contribution in [0.25, 0.3) is 0 Å². The van der Waals surface area contributed by atoms with Crippen molar-refractivity contribution < 1.29 is 23.8 Å². The summed E-state index contributed by atoms with van der Waals surface area (Å²) in [5.41, 5.74) is -0.996. The van der Waals surface area contributed by atoms with Gasteiger partial charge in [0.1, 0.15) is 17.4 Å². The molecule has 32 heavy (non-hydrogen) atoms. The number of nitrogens with zero attached hydrogens (tertiary/aromatic N) is 1. The van der Waals surface area contributed by atoms with Crippen LogP contribution >= 0.6 is 0 Å². The zero-order chi connectivity index (χ0) is 22.9. The Kier molecular flexibility index (Phi) is 4.34. The molecule has 2 saturated carbocycles. The molecule has 0 aliphatic heterocycles. The highest BCUT2D eigenvalue weighted by atomic mass is 16.6. The van der Waals surface area contributed by atoms with Gasteiger partial charge < -0.3 is 14.2 Å². The molecule has 0 N–H and O–H groups in total. The third-order valence-electron chi connectivity index (χ3n) is 8.97. The molecule has 4 aliphatic carbocycles. The predicted octanol–water partition coefficient (Wildman–Crippen LogP) is 4.23. The standard InChI is InChI=1S/C26H29NO5/c1-16(28)31-24-11-12-26(25(14-24,15-27)32-17(2)29)22-8-5-18-13-19(30-4)6-7-20(18)21(22)9-10-23(24,26)3/h6-7,11-13,21-22H,5,8-10,14H2,1-4H3/t21-,22-,23-,24?,25?,26+/m1/s1. The number of rotatable bonds is 3. The van der Waals surface area contributed by atoms with Gasteiger partial charge in [0.2, 0.25) is 5.60 Å². The molecule has 6 atom stereocenters. The number of nitriles is 1. The van der Waals surface area contributed by atoms with Gasteiger partial charge in [0.05, 0.1) is 12.5 Å². The molecule has 0 radical (unpaired) electrons. The number of carbonyl (C=O) groups is 2. The molecule has 0 spiro atoms. The van der Waals surface area contributed by atoms with E-state index < -0.39 is 28.0 Å².